The molecule has 7 nitrogen and oxygen atoms in total. The van der Waals surface area contributed by atoms with Crippen LogP contribution in [0.2, 0.25) is 0 Å². The van der Waals surface area contributed by atoms with Crippen molar-refractivity contribution in [1.29, 1.82) is 0 Å². The lowest BCUT2D eigenvalue weighted by Crippen LogP contribution is -2.49. The summed E-state index contributed by atoms with van der Waals surface area (Å²) in [6.45, 7) is 4.32. The number of carbonyl (C=O) groups is 1. The molecule has 138 valence electrons. The van der Waals surface area contributed by atoms with E-state index in [1.165, 1.54) is 12.3 Å². The number of halogens is 1. The Labute approximate surface area is 155 Å². The first-order chi connectivity index (χ1) is 13.1. The summed E-state index contributed by atoms with van der Waals surface area (Å²) in [6.07, 6.45) is 3.20. The SMILES string of the molecule is Cc1nccc(N2CCN(C(=O)c3cn[nH]c3-c3ccccc3F)CC2)n1. The van der Waals surface area contributed by atoms with Crippen LogP contribution < -0.4 is 4.90 Å². The van der Waals surface area contributed by atoms with Crippen LogP contribution in [0.25, 0.3) is 11.3 Å². The quantitative estimate of drug-likeness (QED) is 0.769. The molecule has 0 radical (unpaired) electrons. The van der Waals surface area contributed by atoms with Gasteiger partial charge in [0, 0.05) is 37.9 Å². The first-order valence-electron chi connectivity index (χ1n) is 8.75. The predicted molar refractivity (Wildman–Crippen MR) is 98.9 cm³/mol. The lowest BCUT2D eigenvalue weighted by molar-refractivity contribution is 0.0747. The molecule has 1 fully saturated rings. The number of rotatable bonds is 3. The van der Waals surface area contributed by atoms with Gasteiger partial charge in [-0.2, -0.15) is 5.10 Å². The highest BCUT2D eigenvalue weighted by Crippen LogP contribution is 2.25. The van der Waals surface area contributed by atoms with Gasteiger partial charge >= 0.3 is 0 Å². The van der Waals surface area contributed by atoms with Crippen LogP contribution in [0.15, 0.2) is 42.7 Å². The number of piperazine rings is 1. The highest BCUT2D eigenvalue weighted by molar-refractivity contribution is 5.99. The average molecular weight is 366 g/mol. The van der Waals surface area contributed by atoms with E-state index in [2.05, 4.69) is 25.1 Å². The van der Waals surface area contributed by atoms with Gasteiger partial charge in [0.2, 0.25) is 0 Å². The molecule has 1 amide bonds. The summed E-state index contributed by atoms with van der Waals surface area (Å²) in [5.41, 5.74) is 1.13. The van der Waals surface area contributed by atoms with Crippen molar-refractivity contribution >= 4 is 11.7 Å². The van der Waals surface area contributed by atoms with Gasteiger partial charge in [-0.05, 0) is 25.1 Å². The van der Waals surface area contributed by atoms with E-state index in [0.717, 1.165) is 11.6 Å². The Bertz CT molecular complexity index is 964. The molecule has 0 spiro atoms. The van der Waals surface area contributed by atoms with Crippen LogP contribution in [0, 0.1) is 12.7 Å². The maximum Gasteiger partial charge on any atom is 0.257 e. The number of nitrogens with zero attached hydrogens (tertiary/aromatic N) is 5. The second-order valence-electron chi connectivity index (χ2n) is 6.38. The summed E-state index contributed by atoms with van der Waals surface area (Å²) in [7, 11) is 0. The van der Waals surface area contributed by atoms with Crippen LogP contribution in [-0.4, -0.2) is 57.2 Å². The van der Waals surface area contributed by atoms with Crippen molar-refractivity contribution in [2.75, 3.05) is 31.1 Å². The van der Waals surface area contributed by atoms with E-state index in [1.54, 1.807) is 29.3 Å². The minimum absolute atomic E-state index is 0.152. The Kier molecular flexibility index (Phi) is 4.53. The summed E-state index contributed by atoms with van der Waals surface area (Å²) in [5.74, 6) is 1.05. The number of carbonyl (C=O) groups excluding carboxylic acids is 1. The minimum Gasteiger partial charge on any atom is -0.353 e. The third-order valence-corrected chi connectivity index (χ3v) is 4.67. The van der Waals surface area contributed by atoms with E-state index in [9.17, 15) is 9.18 Å². The molecule has 27 heavy (non-hydrogen) atoms. The molecule has 1 aliphatic rings. The molecule has 0 unspecified atom stereocenters. The molecule has 1 aromatic carbocycles. The zero-order valence-corrected chi connectivity index (χ0v) is 14.9. The van der Waals surface area contributed by atoms with E-state index in [-0.39, 0.29) is 11.7 Å². The highest BCUT2D eigenvalue weighted by atomic mass is 19.1. The third kappa shape index (κ3) is 3.38. The van der Waals surface area contributed by atoms with Crippen LogP contribution in [-0.2, 0) is 0 Å². The molecule has 8 heteroatoms. The molecule has 0 bridgehead atoms. The van der Waals surface area contributed by atoms with Crippen molar-refractivity contribution in [2.45, 2.75) is 6.92 Å². The molecule has 1 aliphatic heterocycles. The summed E-state index contributed by atoms with van der Waals surface area (Å²) < 4.78 is 14.1. The summed E-state index contributed by atoms with van der Waals surface area (Å²) in [5, 5.41) is 6.72. The van der Waals surface area contributed by atoms with Crippen LogP contribution in [0.3, 0.4) is 0 Å². The fourth-order valence-corrected chi connectivity index (χ4v) is 3.25. The Morgan fingerprint density at radius 2 is 1.93 bits per heavy atom. The van der Waals surface area contributed by atoms with Crippen LogP contribution >= 0.6 is 0 Å². The van der Waals surface area contributed by atoms with E-state index in [0.29, 0.717) is 43.0 Å². The Morgan fingerprint density at radius 3 is 2.67 bits per heavy atom. The van der Waals surface area contributed by atoms with Crippen molar-refractivity contribution in [3.63, 3.8) is 0 Å². The van der Waals surface area contributed by atoms with E-state index in [1.807, 2.05) is 13.0 Å². The molecular weight excluding hydrogens is 347 g/mol. The van der Waals surface area contributed by atoms with Gasteiger partial charge in [-0.15, -0.1) is 0 Å². The van der Waals surface area contributed by atoms with Gasteiger partial charge < -0.3 is 9.80 Å². The summed E-state index contributed by atoms with van der Waals surface area (Å²) in [6, 6.07) is 8.22. The number of aromatic nitrogens is 4. The number of amides is 1. The summed E-state index contributed by atoms with van der Waals surface area (Å²) in [4.78, 5) is 25.4. The van der Waals surface area contributed by atoms with Crippen molar-refractivity contribution in [3.05, 3.63) is 59.9 Å². The van der Waals surface area contributed by atoms with E-state index in [4.69, 9.17) is 0 Å². The third-order valence-electron chi connectivity index (χ3n) is 4.67. The van der Waals surface area contributed by atoms with E-state index < -0.39 is 0 Å². The smallest absolute Gasteiger partial charge is 0.257 e. The predicted octanol–water partition coefficient (Wildman–Crippen LogP) is 2.28. The first-order valence-corrected chi connectivity index (χ1v) is 8.75. The Balaban J connectivity index is 1.50. The van der Waals surface area contributed by atoms with Crippen LogP contribution in [0.5, 0.6) is 0 Å². The van der Waals surface area contributed by atoms with Gasteiger partial charge in [0.15, 0.2) is 0 Å². The molecular formula is C19H19FN6O. The maximum atomic E-state index is 14.1. The molecule has 4 rings (SSSR count). The Morgan fingerprint density at radius 1 is 1.15 bits per heavy atom. The number of hydrogen-bond acceptors (Lipinski definition) is 5. The van der Waals surface area contributed by atoms with Gasteiger partial charge in [-0.25, -0.2) is 14.4 Å². The highest BCUT2D eigenvalue weighted by Gasteiger charge is 2.26. The molecule has 0 saturated carbocycles. The fraction of sp³-hybridized carbons (Fsp3) is 0.263. The van der Waals surface area contributed by atoms with Gasteiger partial charge in [0.05, 0.1) is 17.5 Å². The number of aromatic amines is 1. The minimum atomic E-state index is -0.389. The van der Waals surface area contributed by atoms with Crippen LogP contribution in [0.4, 0.5) is 10.2 Å². The molecule has 0 aliphatic carbocycles. The molecule has 1 N–H and O–H groups in total. The number of aryl methyl sites for hydroxylation is 1. The normalized spacial score (nSPS) is 14.4. The Hall–Kier alpha value is -3.29. The molecule has 1 saturated heterocycles. The number of anilines is 1. The van der Waals surface area contributed by atoms with Gasteiger partial charge in [-0.3, -0.25) is 9.89 Å². The van der Waals surface area contributed by atoms with E-state index >= 15 is 0 Å². The van der Waals surface area contributed by atoms with Crippen molar-refractivity contribution in [3.8, 4) is 11.3 Å². The molecule has 0 atom stereocenters. The van der Waals surface area contributed by atoms with Crippen molar-refractivity contribution in [1.82, 2.24) is 25.1 Å². The zero-order chi connectivity index (χ0) is 18.8. The largest absolute Gasteiger partial charge is 0.353 e. The van der Waals surface area contributed by atoms with Gasteiger partial charge in [-0.1, -0.05) is 12.1 Å². The monoisotopic (exact) mass is 366 g/mol. The van der Waals surface area contributed by atoms with Gasteiger partial charge in [0.1, 0.15) is 17.5 Å². The molecule has 2 aromatic heterocycles. The fourth-order valence-electron chi connectivity index (χ4n) is 3.25. The number of benzene rings is 1. The maximum absolute atomic E-state index is 14.1. The molecule has 3 aromatic rings. The first kappa shape index (κ1) is 17.1. The second-order valence-corrected chi connectivity index (χ2v) is 6.38. The lowest BCUT2D eigenvalue weighted by atomic mass is 10.1. The zero-order valence-electron chi connectivity index (χ0n) is 14.9. The van der Waals surface area contributed by atoms with Crippen molar-refractivity contribution < 1.29 is 9.18 Å². The number of H-pyrrole nitrogens is 1. The van der Waals surface area contributed by atoms with Crippen LogP contribution in [0.1, 0.15) is 16.2 Å². The topological polar surface area (TPSA) is 78.0 Å². The number of nitrogens with one attached hydrogen (secondary N) is 1. The second kappa shape index (κ2) is 7.14. The standard InChI is InChI=1S/C19H19FN6O/c1-13-21-7-6-17(23-13)25-8-10-26(11-9-25)19(27)15-12-22-24-18(15)14-4-2-3-5-16(14)20/h2-7,12H,8-11H2,1H3,(H,22,24). The average Bonchev–Trinajstić information content (AvgIpc) is 3.17. The van der Waals surface area contributed by atoms with Gasteiger partial charge in [0.25, 0.3) is 5.91 Å². The number of hydrogen-bond donors (Lipinski definition) is 1. The van der Waals surface area contributed by atoms with Crippen molar-refractivity contribution in [2.24, 2.45) is 0 Å². The molecule has 3 heterocycles. The summed E-state index contributed by atoms with van der Waals surface area (Å²) >= 11 is 0. The lowest BCUT2D eigenvalue weighted by Gasteiger charge is -2.35.